The quantitative estimate of drug-likeness (QED) is 0.124. The van der Waals surface area contributed by atoms with Gasteiger partial charge in [0.25, 0.3) is 5.91 Å². The molecule has 1 aliphatic heterocycles. The van der Waals surface area contributed by atoms with E-state index in [4.69, 9.17) is 25.6 Å². The number of carbonyl (C=O) groups is 3. The van der Waals surface area contributed by atoms with E-state index in [9.17, 15) is 19.5 Å². The van der Waals surface area contributed by atoms with E-state index >= 15 is 4.39 Å². The number of aliphatic imine (C=N–C) groups is 1. The van der Waals surface area contributed by atoms with Gasteiger partial charge in [0.15, 0.2) is 11.3 Å². The molecule has 48 heavy (non-hydrogen) atoms. The van der Waals surface area contributed by atoms with Crippen LogP contribution >= 0.6 is 11.8 Å². The van der Waals surface area contributed by atoms with E-state index in [1.807, 2.05) is 0 Å². The van der Waals surface area contributed by atoms with E-state index in [1.54, 1.807) is 34.6 Å². The molecule has 1 aliphatic carbocycles. The molecule has 0 radical (unpaired) electrons. The smallest absolute Gasteiger partial charge is 0.418 e. The van der Waals surface area contributed by atoms with Crippen molar-refractivity contribution in [1.29, 1.82) is 0 Å². The molecule has 1 fully saturated rings. The molecule has 1 saturated carbocycles. The zero-order valence-corrected chi connectivity index (χ0v) is 30.2. The third kappa shape index (κ3) is 8.52. The molecule has 0 saturated heterocycles. The number of amidine groups is 1. The molecule has 0 bridgehead atoms. The predicted molar refractivity (Wildman–Crippen MR) is 183 cm³/mol. The average molecular weight is 700 g/mol. The zero-order valence-electron chi connectivity index (χ0n) is 28.4. The van der Waals surface area contributed by atoms with Gasteiger partial charge in [0.2, 0.25) is 5.88 Å². The summed E-state index contributed by atoms with van der Waals surface area (Å²) in [6, 6.07) is 4.80. The molecule has 1 unspecified atom stereocenters. The van der Waals surface area contributed by atoms with E-state index in [2.05, 4.69) is 40.8 Å². The van der Waals surface area contributed by atoms with Crippen LogP contribution in [-0.2, 0) is 19.8 Å². The second-order valence-corrected chi connectivity index (χ2v) is 21.1. The fourth-order valence-electron chi connectivity index (χ4n) is 5.05. The Labute approximate surface area is 285 Å². The highest BCUT2D eigenvalue weighted by Gasteiger charge is 2.72. The number of benzene rings is 1. The summed E-state index contributed by atoms with van der Waals surface area (Å²) in [5, 5.41) is 13.1. The number of aromatic nitrogens is 2. The second-order valence-electron chi connectivity index (χ2n) is 14.2. The standard InChI is InChI=1S/C33H42FN5O7SSi/c1-10-20(2)45-26-18-35-24(17-36-26)27(40)37-21-11-12-23(34)22(15-21)32(6)25-16-33(25,28(41)42)47-29(38-32)39(30(43)46-31(3,4)5)19-44-13-14-48(7,8)9/h1,11-12,15,17-18,20,25H,13-14,16,19H2,2-9H3,(H,37,40)(H,41,42)/t20?,25-,32+,33-/m0/s1. The van der Waals surface area contributed by atoms with Gasteiger partial charge in [-0.05, 0) is 65.3 Å². The van der Waals surface area contributed by atoms with Gasteiger partial charge in [0.1, 0.15) is 28.6 Å². The van der Waals surface area contributed by atoms with Gasteiger partial charge in [-0.25, -0.2) is 24.1 Å². The first kappa shape index (κ1) is 36.8. The maximum atomic E-state index is 15.7. The van der Waals surface area contributed by atoms with Crippen molar-refractivity contribution in [3.63, 3.8) is 0 Å². The SMILES string of the molecule is C#CC(C)Oc1cnc(C(=O)Nc2ccc(F)c([C@@]3(C)N=C(N(COCC[Si](C)(C)C)C(=O)OC(C)(C)C)S[C@@]4(C(=O)O)C[C@H]43)c2)cn1. The summed E-state index contributed by atoms with van der Waals surface area (Å²) in [5.41, 5.74) is -2.06. The number of carboxylic acid groups (broad SMARTS) is 1. The van der Waals surface area contributed by atoms with E-state index < -0.39 is 59.8 Å². The molecule has 258 valence electrons. The summed E-state index contributed by atoms with van der Waals surface area (Å²) in [4.78, 5) is 53.4. The van der Waals surface area contributed by atoms with Crippen molar-refractivity contribution in [1.82, 2.24) is 14.9 Å². The number of hydrogen-bond acceptors (Lipinski definition) is 10. The number of fused-ring (bicyclic) bond motifs is 1. The lowest BCUT2D eigenvalue weighted by Crippen LogP contribution is -2.47. The Kier molecular flexibility index (Phi) is 10.6. The van der Waals surface area contributed by atoms with Crippen molar-refractivity contribution < 1.29 is 38.1 Å². The molecule has 2 aromatic rings. The lowest BCUT2D eigenvalue weighted by Gasteiger charge is -2.37. The first-order valence-electron chi connectivity index (χ1n) is 15.4. The topological polar surface area (TPSA) is 153 Å². The van der Waals surface area contributed by atoms with Gasteiger partial charge < -0.3 is 24.6 Å². The van der Waals surface area contributed by atoms with Gasteiger partial charge in [0.05, 0.1) is 17.9 Å². The molecule has 0 spiro atoms. The second kappa shape index (κ2) is 13.8. The summed E-state index contributed by atoms with van der Waals surface area (Å²) in [7, 11) is -1.45. The maximum Gasteiger partial charge on any atom is 0.418 e. The molecule has 1 aromatic heterocycles. The summed E-state index contributed by atoms with van der Waals surface area (Å²) in [6.07, 6.45) is 6.67. The van der Waals surface area contributed by atoms with E-state index in [0.717, 1.165) is 17.8 Å². The van der Waals surface area contributed by atoms with Crippen LogP contribution in [0.4, 0.5) is 14.9 Å². The van der Waals surface area contributed by atoms with Crippen molar-refractivity contribution in [2.75, 3.05) is 18.7 Å². The van der Waals surface area contributed by atoms with Crippen LogP contribution in [0.5, 0.6) is 5.88 Å². The fourth-order valence-corrected chi connectivity index (χ4v) is 7.31. The third-order valence-corrected chi connectivity index (χ3v) is 11.0. The van der Waals surface area contributed by atoms with E-state index in [-0.39, 0.29) is 41.1 Å². The Morgan fingerprint density at radius 2 is 1.96 bits per heavy atom. The minimum atomic E-state index is -1.45. The lowest BCUT2D eigenvalue weighted by molar-refractivity contribution is -0.137. The number of carbonyl (C=O) groups excluding carboxylic acids is 2. The predicted octanol–water partition coefficient (Wildman–Crippen LogP) is 5.98. The van der Waals surface area contributed by atoms with Crippen LogP contribution in [0.15, 0.2) is 35.6 Å². The number of aliphatic carboxylic acids is 1. The monoisotopic (exact) mass is 699 g/mol. The van der Waals surface area contributed by atoms with Gasteiger partial charge in [-0.3, -0.25) is 14.6 Å². The number of ether oxygens (including phenoxy) is 3. The van der Waals surface area contributed by atoms with Crippen molar-refractivity contribution in [2.24, 2.45) is 10.9 Å². The molecule has 4 atom stereocenters. The number of amides is 2. The Balaban J connectivity index is 1.67. The highest BCUT2D eigenvalue weighted by Crippen LogP contribution is 2.66. The van der Waals surface area contributed by atoms with Gasteiger partial charge in [0, 0.05) is 31.8 Å². The number of rotatable bonds is 11. The van der Waals surface area contributed by atoms with Gasteiger partial charge >= 0.3 is 12.1 Å². The van der Waals surface area contributed by atoms with Crippen LogP contribution in [-0.4, -0.2) is 81.0 Å². The number of nitrogens with one attached hydrogen (secondary N) is 1. The number of halogens is 1. The Morgan fingerprint density at radius 1 is 1.25 bits per heavy atom. The molecule has 2 amide bonds. The zero-order chi connectivity index (χ0) is 35.7. The maximum absolute atomic E-state index is 15.7. The van der Waals surface area contributed by atoms with Gasteiger partial charge in [-0.15, -0.1) is 6.42 Å². The molecular weight excluding hydrogens is 658 g/mol. The molecular formula is C33H42FN5O7SSi. The largest absolute Gasteiger partial charge is 0.480 e. The first-order valence-corrected chi connectivity index (χ1v) is 20.0. The fraction of sp³-hybridized carbons (Fsp3) is 0.515. The lowest BCUT2D eigenvalue weighted by atomic mass is 9.85. The molecule has 15 heteroatoms. The molecule has 12 nitrogen and oxygen atoms in total. The molecule has 1 aromatic carbocycles. The minimum Gasteiger partial charge on any atom is -0.480 e. The number of terminal acetylenes is 1. The number of hydrogen-bond donors (Lipinski definition) is 2. The molecule has 2 aliphatic rings. The summed E-state index contributed by atoms with van der Waals surface area (Å²) in [6.45, 7) is 15.2. The van der Waals surface area contributed by atoms with Crippen LogP contribution in [0.2, 0.25) is 25.7 Å². The Hall–Kier alpha value is -4.00. The van der Waals surface area contributed by atoms with E-state index in [1.165, 1.54) is 35.5 Å². The normalized spacial score (nSPS) is 22.3. The highest BCUT2D eigenvalue weighted by atomic mass is 32.2. The Bertz CT molecular complexity index is 1640. The number of nitrogens with zero attached hydrogens (tertiary/aromatic N) is 4. The van der Waals surface area contributed by atoms with Crippen LogP contribution in [0, 0.1) is 24.1 Å². The van der Waals surface area contributed by atoms with Crippen LogP contribution < -0.4 is 10.1 Å². The average Bonchev–Trinajstić information content (AvgIpc) is 3.74. The number of thioether (sulfide) groups is 1. The number of carboxylic acids is 1. The molecule has 2 N–H and O–H groups in total. The summed E-state index contributed by atoms with van der Waals surface area (Å²) in [5.74, 6) is -0.452. The van der Waals surface area contributed by atoms with Gasteiger partial charge in [-0.1, -0.05) is 37.3 Å². The molecule has 4 rings (SSSR count). The number of anilines is 1. The van der Waals surface area contributed by atoms with Crippen LogP contribution in [0.25, 0.3) is 0 Å². The first-order chi connectivity index (χ1) is 22.3. The Morgan fingerprint density at radius 3 is 2.54 bits per heavy atom. The highest BCUT2D eigenvalue weighted by molar-refractivity contribution is 8.15. The van der Waals surface area contributed by atoms with Crippen molar-refractivity contribution in [3.8, 4) is 18.2 Å². The summed E-state index contributed by atoms with van der Waals surface area (Å²) >= 11 is 0.939. The molecule has 2 heterocycles. The van der Waals surface area contributed by atoms with Crippen LogP contribution in [0.1, 0.15) is 57.1 Å². The summed E-state index contributed by atoms with van der Waals surface area (Å²) < 4.78 is 31.3. The van der Waals surface area contributed by atoms with Crippen LogP contribution in [0.3, 0.4) is 0 Å². The van der Waals surface area contributed by atoms with Crippen molar-refractivity contribution >= 4 is 48.7 Å². The van der Waals surface area contributed by atoms with Crippen molar-refractivity contribution in [3.05, 3.63) is 47.7 Å². The van der Waals surface area contributed by atoms with E-state index in [0.29, 0.717) is 6.61 Å². The van der Waals surface area contributed by atoms with Gasteiger partial charge in [-0.2, -0.15) is 0 Å². The minimum absolute atomic E-state index is 0.0311. The third-order valence-electron chi connectivity index (χ3n) is 7.78. The van der Waals surface area contributed by atoms with Crippen molar-refractivity contribution in [2.45, 2.75) is 88.7 Å².